The standard InChI is InChI=1S/C50H34N2OS/c1-50(36-16-6-3-7-17-36)28-12-18-37(31-50)52(42-21-11-23-44-46(42)39-19-8-9-22-43(39)53-44)38-29-35-15-10-20-40-45(35)41(30-38)47-48(40)54-49(51-47)34-26-24-33(25-27-34)32-13-4-2-5-14-32/h2-30H,31H2,1H3. The van der Waals surface area contributed by atoms with Gasteiger partial charge >= 0.3 is 0 Å². The number of rotatable bonds is 6. The number of allylic oxidation sites excluding steroid dienone is 4. The smallest absolute Gasteiger partial charge is 0.137 e. The van der Waals surface area contributed by atoms with Crippen LogP contribution in [0.1, 0.15) is 18.9 Å². The van der Waals surface area contributed by atoms with Crippen molar-refractivity contribution in [2.75, 3.05) is 4.90 Å². The first-order valence-corrected chi connectivity index (χ1v) is 19.3. The van der Waals surface area contributed by atoms with Gasteiger partial charge in [-0.25, -0.2) is 4.98 Å². The first-order valence-electron chi connectivity index (χ1n) is 18.5. The summed E-state index contributed by atoms with van der Waals surface area (Å²) in [5.74, 6) is 0. The van der Waals surface area contributed by atoms with Gasteiger partial charge in [0.25, 0.3) is 0 Å². The topological polar surface area (TPSA) is 29.3 Å². The van der Waals surface area contributed by atoms with E-state index in [2.05, 4.69) is 182 Å². The SMILES string of the molecule is CC1(c2ccccc2)C=CC=C(N(c2cc3c4c(cccc4c2)-c2sc(-c4ccc(-c5ccccc5)cc4)nc2-3)c2cccc3oc4ccccc4c23)C1. The Morgan fingerprint density at radius 1 is 0.648 bits per heavy atom. The largest absolute Gasteiger partial charge is 0.456 e. The molecular weight excluding hydrogens is 677 g/mol. The van der Waals surface area contributed by atoms with Gasteiger partial charge in [-0.15, -0.1) is 11.3 Å². The van der Waals surface area contributed by atoms with Crippen molar-refractivity contribution >= 4 is 55.4 Å². The molecule has 3 nitrogen and oxygen atoms in total. The van der Waals surface area contributed by atoms with Gasteiger partial charge in [-0.2, -0.15) is 0 Å². The second kappa shape index (κ2) is 12.0. The van der Waals surface area contributed by atoms with Crippen LogP contribution >= 0.6 is 11.3 Å². The summed E-state index contributed by atoms with van der Waals surface area (Å²) in [5, 5.41) is 5.76. The van der Waals surface area contributed by atoms with Gasteiger partial charge < -0.3 is 9.32 Å². The average Bonchev–Trinajstić information content (AvgIpc) is 3.92. The van der Waals surface area contributed by atoms with Gasteiger partial charge in [-0.05, 0) is 63.9 Å². The summed E-state index contributed by atoms with van der Waals surface area (Å²) in [5.41, 5.74) is 13.4. The minimum Gasteiger partial charge on any atom is -0.456 e. The molecule has 2 aliphatic rings. The lowest BCUT2D eigenvalue weighted by Gasteiger charge is -2.37. The van der Waals surface area contributed by atoms with Crippen LogP contribution in [0.4, 0.5) is 11.4 Å². The summed E-state index contributed by atoms with van der Waals surface area (Å²) in [7, 11) is 0. The van der Waals surface area contributed by atoms with Crippen LogP contribution in [0, 0.1) is 0 Å². The molecule has 2 aliphatic carbocycles. The van der Waals surface area contributed by atoms with Crippen LogP contribution < -0.4 is 4.90 Å². The lowest BCUT2D eigenvalue weighted by Crippen LogP contribution is -2.28. The molecule has 0 amide bonds. The molecule has 9 aromatic rings. The van der Waals surface area contributed by atoms with Crippen molar-refractivity contribution in [1.29, 1.82) is 0 Å². The van der Waals surface area contributed by atoms with Crippen LogP contribution in [0.25, 0.3) is 76.1 Å². The van der Waals surface area contributed by atoms with Crippen molar-refractivity contribution in [3.63, 3.8) is 0 Å². The molecule has 54 heavy (non-hydrogen) atoms. The second-order valence-corrected chi connectivity index (χ2v) is 15.6. The van der Waals surface area contributed by atoms with Gasteiger partial charge in [-0.1, -0.05) is 146 Å². The zero-order valence-corrected chi connectivity index (χ0v) is 30.5. The highest BCUT2D eigenvalue weighted by Crippen LogP contribution is 2.54. The van der Waals surface area contributed by atoms with Crippen molar-refractivity contribution in [3.05, 3.63) is 187 Å². The fraction of sp³-hybridized carbons (Fsp3) is 0.0600. The van der Waals surface area contributed by atoms with Gasteiger partial charge in [0.15, 0.2) is 0 Å². The minimum atomic E-state index is -0.177. The summed E-state index contributed by atoms with van der Waals surface area (Å²) >= 11 is 1.79. The van der Waals surface area contributed by atoms with Gasteiger partial charge in [0.05, 0.1) is 21.6 Å². The molecule has 0 saturated carbocycles. The lowest BCUT2D eigenvalue weighted by atomic mass is 9.76. The number of nitrogens with zero attached hydrogens (tertiary/aromatic N) is 2. The number of aromatic nitrogens is 1. The number of thiazole rings is 1. The van der Waals surface area contributed by atoms with E-state index < -0.39 is 0 Å². The lowest BCUT2D eigenvalue weighted by molar-refractivity contribution is 0.575. The summed E-state index contributed by atoms with van der Waals surface area (Å²) in [6.07, 6.45) is 7.70. The van der Waals surface area contributed by atoms with E-state index in [1.807, 2.05) is 6.07 Å². The third-order valence-corrected chi connectivity index (χ3v) is 12.4. The van der Waals surface area contributed by atoms with E-state index in [4.69, 9.17) is 9.40 Å². The van der Waals surface area contributed by atoms with Crippen LogP contribution in [0.15, 0.2) is 186 Å². The Labute approximate surface area is 317 Å². The van der Waals surface area contributed by atoms with Crippen LogP contribution in [-0.2, 0) is 5.41 Å². The molecule has 0 fully saturated rings. The van der Waals surface area contributed by atoms with Crippen LogP contribution in [0.5, 0.6) is 0 Å². The highest BCUT2D eigenvalue weighted by atomic mass is 32.1. The van der Waals surface area contributed by atoms with E-state index >= 15 is 0 Å². The van der Waals surface area contributed by atoms with Gasteiger partial charge in [0.1, 0.15) is 16.2 Å². The maximum absolute atomic E-state index is 6.46. The maximum atomic E-state index is 6.46. The van der Waals surface area contributed by atoms with E-state index in [9.17, 15) is 0 Å². The molecule has 0 bridgehead atoms. The number of anilines is 2. The minimum absolute atomic E-state index is 0.177. The van der Waals surface area contributed by atoms with Crippen molar-refractivity contribution in [2.45, 2.75) is 18.8 Å². The molecule has 1 unspecified atom stereocenters. The molecule has 0 aliphatic heterocycles. The van der Waals surface area contributed by atoms with E-state index in [-0.39, 0.29) is 5.41 Å². The fourth-order valence-corrected chi connectivity index (χ4v) is 9.72. The van der Waals surface area contributed by atoms with E-state index in [1.165, 1.54) is 49.2 Å². The molecule has 256 valence electrons. The number of benzene rings is 7. The molecule has 0 N–H and O–H groups in total. The van der Waals surface area contributed by atoms with Crippen LogP contribution in [-0.4, -0.2) is 4.98 Å². The number of fused-ring (bicyclic) bond motifs is 6. The Balaban J connectivity index is 1.09. The quantitative estimate of drug-likeness (QED) is 0.172. The van der Waals surface area contributed by atoms with E-state index in [0.717, 1.165) is 56.0 Å². The van der Waals surface area contributed by atoms with Gasteiger partial charge in [0, 0.05) is 45.3 Å². The molecular formula is C50H34N2OS. The Morgan fingerprint density at radius 2 is 1.37 bits per heavy atom. The number of hydrogen-bond donors (Lipinski definition) is 0. The summed E-state index contributed by atoms with van der Waals surface area (Å²) in [4.78, 5) is 9.11. The summed E-state index contributed by atoms with van der Waals surface area (Å²) < 4.78 is 6.46. The van der Waals surface area contributed by atoms with Crippen LogP contribution in [0.3, 0.4) is 0 Å². The molecule has 0 saturated heterocycles. The molecule has 4 heteroatoms. The maximum Gasteiger partial charge on any atom is 0.137 e. The van der Waals surface area contributed by atoms with Crippen molar-refractivity contribution in [2.24, 2.45) is 0 Å². The van der Waals surface area contributed by atoms with Crippen molar-refractivity contribution in [1.82, 2.24) is 4.98 Å². The third kappa shape index (κ3) is 4.84. The highest BCUT2D eigenvalue weighted by molar-refractivity contribution is 7.19. The monoisotopic (exact) mass is 710 g/mol. The molecule has 1 atom stereocenters. The average molecular weight is 711 g/mol. The Kier molecular flexibility index (Phi) is 6.92. The Hall–Kier alpha value is -6.49. The molecule has 2 aromatic heterocycles. The Morgan fingerprint density at radius 3 is 2.22 bits per heavy atom. The van der Waals surface area contributed by atoms with E-state index in [0.29, 0.717) is 0 Å². The zero-order valence-electron chi connectivity index (χ0n) is 29.7. The molecule has 0 radical (unpaired) electrons. The predicted octanol–water partition coefficient (Wildman–Crippen LogP) is 14.1. The number of hydrogen-bond acceptors (Lipinski definition) is 4. The predicted molar refractivity (Wildman–Crippen MR) is 226 cm³/mol. The molecule has 11 rings (SSSR count). The van der Waals surface area contributed by atoms with E-state index in [1.54, 1.807) is 11.3 Å². The first kappa shape index (κ1) is 31.1. The number of para-hydroxylation sites is 1. The molecule has 7 aromatic carbocycles. The highest BCUT2D eigenvalue weighted by Gasteiger charge is 2.33. The fourth-order valence-electron chi connectivity index (χ4n) is 8.60. The van der Waals surface area contributed by atoms with Crippen LogP contribution in [0.2, 0.25) is 0 Å². The van der Waals surface area contributed by atoms with Crippen molar-refractivity contribution < 1.29 is 4.42 Å². The number of furan rings is 1. The normalized spacial score (nSPS) is 15.9. The first-order chi connectivity index (χ1) is 26.6. The molecule has 2 heterocycles. The second-order valence-electron chi connectivity index (χ2n) is 14.6. The van der Waals surface area contributed by atoms with Gasteiger partial charge in [-0.3, -0.25) is 0 Å². The summed E-state index contributed by atoms with van der Waals surface area (Å²) in [6.45, 7) is 2.35. The van der Waals surface area contributed by atoms with Crippen molar-refractivity contribution in [3.8, 4) is 43.4 Å². The third-order valence-electron chi connectivity index (χ3n) is 11.2. The Bertz CT molecular complexity index is 2970. The van der Waals surface area contributed by atoms with Gasteiger partial charge in [0.2, 0.25) is 0 Å². The summed E-state index contributed by atoms with van der Waals surface area (Å²) in [6, 6.07) is 56.5. The zero-order chi connectivity index (χ0) is 35.8. The molecule has 0 spiro atoms.